The van der Waals surface area contributed by atoms with Gasteiger partial charge in [0.15, 0.2) is 0 Å². The molecule has 3 heterocycles. The molecule has 3 nitrogen and oxygen atoms in total. The Morgan fingerprint density at radius 1 is 1.35 bits per heavy atom. The second-order valence-corrected chi connectivity index (χ2v) is 5.04. The van der Waals surface area contributed by atoms with Crippen LogP contribution in [0.4, 0.5) is 0 Å². The van der Waals surface area contributed by atoms with Crippen LogP contribution < -0.4 is 5.32 Å². The molecular formula is C13H16ClN3. The van der Waals surface area contributed by atoms with Crippen molar-refractivity contribution >= 4 is 17.2 Å². The summed E-state index contributed by atoms with van der Waals surface area (Å²) in [7, 11) is 0. The number of aromatic nitrogens is 2. The van der Waals surface area contributed by atoms with Crippen molar-refractivity contribution in [1.29, 1.82) is 0 Å². The highest BCUT2D eigenvalue weighted by molar-refractivity contribution is 6.29. The zero-order chi connectivity index (χ0) is 11.8. The lowest BCUT2D eigenvalue weighted by Gasteiger charge is -2.21. The van der Waals surface area contributed by atoms with Gasteiger partial charge in [-0.2, -0.15) is 0 Å². The summed E-state index contributed by atoms with van der Waals surface area (Å²) in [6, 6.07) is 5.88. The lowest BCUT2D eigenvalue weighted by Crippen LogP contribution is -2.27. The molecule has 0 aromatic carbocycles. The van der Waals surface area contributed by atoms with E-state index in [2.05, 4.69) is 12.2 Å². The summed E-state index contributed by atoms with van der Waals surface area (Å²) in [5, 5.41) is 4.13. The molecular weight excluding hydrogens is 234 g/mol. The molecule has 4 heteroatoms. The lowest BCUT2D eigenvalue weighted by molar-refractivity contribution is 0.453. The maximum absolute atomic E-state index is 6.23. The van der Waals surface area contributed by atoms with Gasteiger partial charge in [-0.15, -0.1) is 0 Å². The molecule has 0 atom stereocenters. The Bertz CT molecular complexity index is 541. The second kappa shape index (κ2) is 4.31. The minimum Gasteiger partial charge on any atom is -0.317 e. The van der Waals surface area contributed by atoms with Crippen LogP contribution >= 0.6 is 11.6 Å². The summed E-state index contributed by atoms with van der Waals surface area (Å²) in [5.41, 5.74) is 3.38. The number of hydrogen-bond donors (Lipinski definition) is 1. The first-order valence-corrected chi connectivity index (χ1v) is 6.49. The molecule has 0 unspecified atom stereocenters. The fourth-order valence-corrected chi connectivity index (χ4v) is 2.98. The Morgan fingerprint density at radius 3 is 2.82 bits per heavy atom. The number of imidazole rings is 1. The number of nitrogens with one attached hydrogen (secondary N) is 1. The van der Waals surface area contributed by atoms with E-state index < -0.39 is 0 Å². The first kappa shape index (κ1) is 11.1. The molecule has 1 aliphatic heterocycles. The first-order valence-electron chi connectivity index (χ1n) is 6.11. The molecule has 17 heavy (non-hydrogen) atoms. The maximum Gasteiger partial charge on any atom is 0.138 e. The Kier molecular flexibility index (Phi) is 2.81. The fourth-order valence-electron chi connectivity index (χ4n) is 2.69. The van der Waals surface area contributed by atoms with Gasteiger partial charge in [0.2, 0.25) is 0 Å². The van der Waals surface area contributed by atoms with Gasteiger partial charge in [-0.05, 0) is 45.0 Å². The van der Waals surface area contributed by atoms with Crippen molar-refractivity contribution in [2.45, 2.75) is 25.7 Å². The molecule has 0 spiro atoms. The highest BCUT2D eigenvalue weighted by Crippen LogP contribution is 2.29. The van der Waals surface area contributed by atoms with Crippen LogP contribution in [-0.4, -0.2) is 22.5 Å². The maximum atomic E-state index is 6.23. The number of nitrogens with zero attached hydrogens (tertiary/aromatic N) is 2. The summed E-state index contributed by atoms with van der Waals surface area (Å²) >= 11 is 6.23. The van der Waals surface area contributed by atoms with Crippen LogP contribution in [0.5, 0.6) is 0 Å². The molecule has 0 radical (unpaired) electrons. The van der Waals surface area contributed by atoms with E-state index in [-0.39, 0.29) is 0 Å². The number of hydrogen-bond acceptors (Lipinski definition) is 2. The number of aryl methyl sites for hydroxylation is 1. The lowest BCUT2D eigenvalue weighted by atomic mass is 9.94. The molecule has 1 N–H and O–H groups in total. The molecule has 0 amide bonds. The van der Waals surface area contributed by atoms with Crippen molar-refractivity contribution in [3.8, 4) is 0 Å². The molecule has 90 valence electrons. The van der Waals surface area contributed by atoms with Gasteiger partial charge < -0.3 is 5.32 Å². The van der Waals surface area contributed by atoms with Crippen molar-refractivity contribution < 1.29 is 0 Å². The number of fused-ring (bicyclic) bond motifs is 1. The van der Waals surface area contributed by atoms with E-state index in [1.165, 1.54) is 24.2 Å². The minimum atomic E-state index is 0.576. The molecule has 1 fully saturated rings. The zero-order valence-corrected chi connectivity index (χ0v) is 10.7. The van der Waals surface area contributed by atoms with E-state index >= 15 is 0 Å². The van der Waals surface area contributed by atoms with E-state index in [4.69, 9.17) is 16.6 Å². The molecule has 3 rings (SSSR count). The minimum absolute atomic E-state index is 0.576. The number of halogens is 1. The van der Waals surface area contributed by atoms with Crippen LogP contribution in [0.3, 0.4) is 0 Å². The summed E-state index contributed by atoms with van der Waals surface area (Å²) in [5.74, 6) is 0.576. The molecule has 0 saturated carbocycles. The third kappa shape index (κ3) is 1.83. The Balaban J connectivity index is 2.10. The van der Waals surface area contributed by atoms with E-state index in [9.17, 15) is 0 Å². The Hall–Kier alpha value is -1.06. The Labute approximate surface area is 106 Å². The van der Waals surface area contributed by atoms with Crippen molar-refractivity contribution in [3.05, 3.63) is 34.7 Å². The quantitative estimate of drug-likeness (QED) is 0.788. The summed E-state index contributed by atoms with van der Waals surface area (Å²) in [4.78, 5) is 4.75. The third-order valence-electron chi connectivity index (χ3n) is 3.59. The van der Waals surface area contributed by atoms with Gasteiger partial charge in [0, 0.05) is 11.6 Å². The molecule has 2 aromatic rings. The van der Waals surface area contributed by atoms with E-state index in [1.807, 2.05) is 22.6 Å². The van der Waals surface area contributed by atoms with Gasteiger partial charge in [-0.1, -0.05) is 17.7 Å². The predicted octanol–water partition coefficient (Wildman–Crippen LogP) is 2.76. The predicted molar refractivity (Wildman–Crippen MR) is 69.8 cm³/mol. The normalized spacial score (nSPS) is 17.8. The molecule has 0 aliphatic carbocycles. The summed E-state index contributed by atoms with van der Waals surface area (Å²) in [6.45, 7) is 4.29. The van der Waals surface area contributed by atoms with E-state index in [0.29, 0.717) is 5.92 Å². The largest absolute Gasteiger partial charge is 0.317 e. The van der Waals surface area contributed by atoms with Crippen molar-refractivity contribution in [2.24, 2.45) is 0 Å². The molecule has 0 bridgehead atoms. The first-order chi connectivity index (χ1) is 8.27. The topological polar surface area (TPSA) is 29.3 Å². The average molecular weight is 250 g/mol. The van der Waals surface area contributed by atoms with Crippen LogP contribution in [0.1, 0.15) is 30.1 Å². The highest BCUT2D eigenvalue weighted by Gasteiger charge is 2.21. The van der Waals surface area contributed by atoms with Crippen LogP contribution in [0.15, 0.2) is 18.2 Å². The summed E-state index contributed by atoms with van der Waals surface area (Å²) in [6.07, 6.45) is 2.34. The van der Waals surface area contributed by atoms with Crippen LogP contribution in [0.2, 0.25) is 5.15 Å². The number of piperidine rings is 1. The monoisotopic (exact) mass is 249 g/mol. The Morgan fingerprint density at radius 2 is 2.12 bits per heavy atom. The fraction of sp³-hybridized carbons (Fsp3) is 0.462. The molecule has 1 aliphatic rings. The van der Waals surface area contributed by atoms with Crippen molar-refractivity contribution in [1.82, 2.24) is 14.7 Å². The van der Waals surface area contributed by atoms with Crippen LogP contribution in [-0.2, 0) is 0 Å². The van der Waals surface area contributed by atoms with E-state index in [1.54, 1.807) is 0 Å². The average Bonchev–Trinajstić information content (AvgIpc) is 2.69. The highest BCUT2D eigenvalue weighted by atomic mass is 35.5. The summed E-state index contributed by atoms with van der Waals surface area (Å²) < 4.78 is 2.04. The van der Waals surface area contributed by atoms with Gasteiger partial charge in [0.05, 0.1) is 5.69 Å². The SMILES string of the molecule is Cc1c(C2CCNCC2)nc2cccc(Cl)n12. The van der Waals surface area contributed by atoms with Gasteiger partial charge in [0.25, 0.3) is 0 Å². The van der Waals surface area contributed by atoms with Gasteiger partial charge >= 0.3 is 0 Å². The third-order valence-corrected chi connectivity index (χ3v) is 3.88. The van der Waals surface area contributed by atoms with Crippen molar-refractivity contribution in [2.75, 3.05) is 13.1 Å². The number of rotatable bonds is 1. The van der Waals surface area contributed by atoms with Crippen molar-refractivity contribution in [3.63, 3.8) is 0 Å². The van der Waals surface area contributed by atoms with Gasteiger partial charge in [0.1, 0.15) is 10.8 Å². The number of pyridine rings is 1. The van der Waals surface area contributed by atoms with Crippen LogP contribution in [0.25, 0.3) is 5.65 Å². The van der Waals surface area contributed by atoms with Gasteiger partial charge in [-0.25, -0.2) is 4.98 Å². The second-order valence-electron chi connectivity index (χ2n) is 4.65. The standard InChI is InChI=1S/C13H16ClN3/c1-9-13(10-5-7-15-8-6-10)16-12-4-2-3-11(14)17(9)12/h2-4,10,15H,5-8H2,1H3. The van der Waals surface area contributed by atoms with E-state index in [0.717, 1.165) is 23.9 Å². The van der Waals surface area contributed by atoms with Gasteiger partial charge in [-0.3, -0.25) is 4.40 Å². The van der Waals surface area contributed by atoms with Crippen LogP contribution in [0, 0.1) is 6.92 Å². The molecule has 2 aromatic heterocycles. The molecule has 1 saturated heterocycles. The zero-order valence-electron chi connectivity index (χ0n) is 9.91. The smallest absolute Gasteiger partial charge is 0.138 e.